The number of hydrogen-bond acceptors (Lipinski definition) is 4. The van der Waals surface area contributed by atoms with Gasteiger partial charge in [0.1, 0.15) is 6.04 Å². The highest BCUT2D eigenvalue weighted by Gasteiger charge is 2.17. The van der Waals surface area contributed by atoms with Gasteiger partial charge in [-0.05, 0) is 26.0 Å². The minimum atomic E-state index is -0.297. The van der Waals surface area contributed by atoms with Crippen LogP contribution in [0.25, 0.3) is 11.1 Å². The third-order valence-corrected chi connectivity index (χ3v) is 3.31. The lowest BCUT2D eigenvalue weighted by Gasteiger charge is -2.14. The van der Waals surface area contributed by atoms with Crippen LogP contribution in [0.3, 0.4) is 0 Å². The van der Waals surface area contributed by atoms with Gasteiger partial charge in [-0.15, -0.1) is 0 Å². The Bertz CT molecular complexity index is 566. The minimum absolute atomic E-state index is 0.213. The van der Waals surface area contributed by atoms with Crippen molar-refractivity contribution in [2.45, 2.75) is 25.9 Å². The highest BCUT2D eigenvalue weighted by molar-refractivity contribution is 5.75. The van der Waals surface area contributed by atoms with Gasteiger partial charge in [0.2, 0.25) is 0 Å². The molecule has 0 aliphatic rings. The maximum Gasteiger partial charge on any atom is 0.323 e. The number of likely N-dealkylation sites (N-methyl/N-ethyl adjacent to an activating group) is 1. The van der Waals surface area contributed by atoms with E-state index in [9.17, 15) is 4.79 Å². The molecule has 1 heterocycles. The molecule has 0 bridgehead atoms. The lowest BCUT2D eigenvalue weighted by Crippen LogP contribution is -2.36. The van der Waals surface area contributed by atoms with E-state index in [1.807, 2.05) is 42.2 Å². The second kappa shape index (κ2) is 7.59. The van der Waals surface area contributed by atoms with Gasteiger partial charge in [0.05, 0.1) is 12.8 Å². The van der Waals surface area contributed by atoms with Crippen LogP contribution in [0.15, 0.2) is 42.7 Å². The number of rotatable bonds is 7. The van der Waals surface area contributed by atoms with Gasteiger partial charge in [-0.2, -0.15) is 5.10 Å². The first-order chi connectivity index (χ1) is 10.2. The van der Waals surface area contributed by atoms with Crippen molar-refractivity contribution in [3.63, 3.8) is 0 Å². The molecule has 1 aromatic carbocycles. The summed E-state index contributed by atoms with van der Waals surface area (Å²) in [5.74, 6) is -0.213. The van der Waals surface area contributed by atoms with Gasteiger partial charge in [0, 0.05) is 18.3 Å². The molecule has 21 heavy (non-hydrogen) atoms. The molecule has 0 fully saturated rings. The lowest BCUT2D eigenvalue weighted by molar-refractivity contribution is -0.145. The fourth-order valence-corrected chi connectivity index (χ4v) is 2.15. The predicted octanol–water partition coefficient (Wildman–Crippen LogP) is 2.09. The van der Waals surface area contributed by atoms with Crippen molar-refractivity contribution in [2.75, 3.05) is 13.7 Å². The quantitative estimate of drug-likeness (QED) is 0.792. The van der Waals surface area contributed by atoms with Crippen LogP contribution >= 0.6 is 0 Å². The molecule has 0 radical (unpaired) electrons. The Hall–Kier alpha value is -2.14. The number of hydrogen-bond donors (Lipinski definition) is 1. The molecule has 0 saturated heterocycles. The van der Waals surface area contributed by atoms with Crippen LogP contribution in [0.2, 0.25) is 0 Å². The molecule has 1 unspecified atom stereocenters. The second-order valence-electron chi connectivity index (χ2n) is 4.74. The molecule has 0 aliphatic heterocycles. The Morgan fingerprint density at radius 3 is 2.76 bits per heavy atom. The van der Waals surface area contributed by atoms with E-state index in [1.165, 1.54) is 0 Å². The second-order valence-corrected chi connectivity index (χ2v) is 4.74. The number of nitrogens with one attached hydrogen (secondary N) is 1. The number of aryl methyl sites for hydroxylation is 1. The Balaban J connectivity index is 1.95. The largest absolute Gasteiger partial charge is 0.465 e. The van der Waals surface area contributed by atoms with Crippen LogP contribution in [-0.2, 0) is 16.1 Å². The van der Waals surface area contributed by atoms with Crippen molar-refractivity contribution in [3.8, 4) is 11.1 Å². The van der Waals surface area contributed by atoms with Gasteiger partial charge in [0.25, 0.3) is 0 Å². The van der Waals surface area contributed by atoms with Crippen molar-refractivity contribution >= 4 is 5.97 Å². The van der Waals surface area contributed by atoms with Gasteiger partial charge >= 0.3 is 5.97 Å². The van der Waals surface area contributed by atoms with E-state index >= 15 is 0 Å². The number of aromatic nitrogens is 2. The smallest absolute Gasteiger partial charge is 0.323 e. The fourth-order valence-electron chi connectivity index (χ4n) is 2.15. The first kappa shape index (κ1) is 15.3. The molecule has 0 aliphatic carbocycles. The van der Waals surface area contributed by atoms with E-state index in [4.69, 9.17) is 4.74 Å². The van der Waals surface area contributed by atoms with E-state index in [-0.39, 0.29) is 12.0 Å². The maximum atomic E-state index is 11.7. The summed E-state index contributed by atoms with van der Waals surface area (Å²) < 4.78 is 6.88. The molecule has 0 amide bonds. The minimum Gasteiger partial charge on any atom is -0.465 e. The Morgan fingerprint density at radius 1 is 1.33 bits per heavy atom. The molecule has 0 saturated carbocycles. The number of esters is 1. The zero-order valence-electron chi connectivity index (χ0n) is 12.5. The molecule has 0 spiro atoms. The summed E-state index contributed by atoms with van der Waals surface area (Å²) in [6, 6.07) is 9.81. The van der Waals surface area contributed by atoms with Crippen LogP contribution in [0.4, 0.5) is 0 Å². The topological polar surface area (TPSA) is 56.2 Å². The molecular formula is C16H21N3O2. The number of benzene rings is 1. The predicted molar refractivity (Wildman–Crippen MR) is 81.8 cm³/mol. The van der Waals surface area contributed by atoms with Crippen molar-refractivity contribution < 1.29 is 9.53 Å². The molecule has 5 heteroatoms. The lowest BCUT2D eigenvalue weighted by atomic mass is 10.1. The van der Waals surface area contributed by atoms with E-state index in [0.29, 0.717) is 19.6 Å². The van der Waals surface area contributed by atoms with E-state index in [2.05, 4.69) is 22.5 Å². The summed E-state index contributed by atoms with van der Waals surface area (Å²) in [7, 11) is 1.76. The molecule has 1 N–H and O–H groups in total. The summed E-state index contributed by atoms with van der Waals surface area (Å²) in [5.41, 5.74) is 2.21. The van der Waals surface area contributed by atoms with Gasteiger partial charge in [-0.3, -0.25) is 9.48 Å². The van der Waals surface area contributed by atoms with Crippen LogP contribution in [-0.4, -0.2) is 35.4 Å². The third kappa shape index (κ3) is 4.16. The highest BCUT2D eigenvalue weighted by atomic mass is 16.5. The Morgan fingerprint density at radius 2 is 2.10 bits per heavy atom. The number of nitrogens with zero attached hydrogens (tertiary/aromatic N) is 2. The number of carbonyl (C=O) groups excluding carboxylic acids is 1. The standard InChI is InChI=1S/C16H21N3O2/c1-3-21-16(20)15(17-2)9-10-19-12-14(11-18-19)13-7-5-4-6-8-13/h4-8,11-12,15,17H,3,9-10H2,1-2H3. The summed E-state index contributed by atoms with van der Waals surface area (Å²) >= 11 is 0. The van der Waals surface area contributed by atoms with Gasteiger partial charge < -0.3 is 10.1 Å². The third-order valence-electron chi connectivity index (χ3n) is 3.31. The maximum absolute atomic E-state index is 11.7. The number of carbonyl (C=O) groups is 1. The molecule has 112 valence electrons. The Labute approximate surface area is 124 Å². The monoisotopic (exact) mass is 287 g/mol. The summed E-state index contributed by atoms with van der Waals surface area (Å²) in [4.78, 5) is 11.7. The zero-order chi connectivity index (χ0) is 15.1. The zero-order valence-corrected chi connectivity index (χ0v) is 12.5. The summed E-state index contributed by atoms with van der Waals surface area (Å²) in [6.07, 6.45) is 4.48. The van der Waals surface area contributed by atoms with Crippen LogP contribution < -0.4 is 5.32 Å². The molecule has 1 atom stereocenters. The van der Waals surface area contributed by atoms with E-state index < -0.39 is 0 Å². The molecular weight excluding hydrogens is 266 g/mol. The average Bonchev–Trinajstić information content (AvgIpc) is 2.98. The molecule has 1 aromatic heterocycles. The average molecular weight is 287 g/mol. The SMILES string of the molecule is CCOC(=O)C(CCn1cc(-c2ccccc2)cn1)NC. The number of ether oxygens (including phenoxy) is 1. The van der Waals surface area contributed by atoms with Crippen molar-refractivity contribution in [1.29, 1.82) is 0 Å². The van der Waals surface area contributed by atoms with Gasteiger partial charge in [-0.1, -0.05) is 30.3 Å². The molecule has 2 rings (SSSR count). The van der Waals surface area contributed by atoms with E-state index in [0.717, 1.165) is 11.1 Å². The first-order valence-corrected chi connectivity index (χ1v) is 7.16. The van der Waals surface area contributed by atoms with Crippen LogP contribution in [0.1, 0.15) is 13.3 Å². The van der Waals surface area contributed by atoms with Gasteiger partial charge in [0.15, 0.2) is 0 Å². The molecule has 2 aromatic rings. The Kier molecular flexibility index (Phi) is 5.51. The van der Waals surface area contributed by atoms with Crippen LogP contribution in [0.5, 0.6) is 0 Å². The molecule has 5 nitrogen and oxygen atoms in total. The van der Waals surface area contributed by atoms with Crippen molar-refractivity contribution in [3.05, 3.63) is 42.7 Å². The fraction of sp³-hybridized carbons (Fsp3) is 0.375. The highest BCUT2D eigenvalue weighted by Crippen LogP contribution is 2.17. The van der Waals surface area contributed by atoms with Crippen LogP contribution in [0, 0.1) is 0 Å². The van der Waals surface area contributed by atoms with Gasteiger partial charge in [-0.25, -0.2) is 0 Å². The summed E-state index contributed by atoms with van der Waals surface area (Å²) in [6.45, 7) is 2.87. The van der Waals surface area contributed by atoms with E-state index in [1.54, 1.807) is 7.05 Å². The summed E-state index contributed by atoms with van der Waals surface area (Å²) in [5, 5.41) is 7.32. The van der Waals surface area contributed by atoms with Crippen molar-refractivity contribution in [1.82, 2.24) is 15.1 Å². The first-order valence-electron chi connectivity index (χ1n) is 7.16. The van der Waals surface area contributed by atoms with Crippen molar-refractivity contribution in [2.24, 2.45) is 0 Å². The normalized spacial score (nSPS) is 12.1.